The molecule has 0 saturated heterocycles. The summed E-state index contributed by atoms with van der Waals surface area (Å²) in [4.78, 5) is 33.7. The van der Waals surface area contributed by atoms with Crippen LogP contribution in [0.5, 0.6) is 5.75 Å². The maximum absolute atomic E-state index is 12.8. The molecule has 32 heavy (non-hydrogen) atoms. The van der Waals surface area contributed by atoms with E-state index < -0.39 is 0 Å². The van der Waals surface area contributed by atoms with Crippen LogP contribution in [0.2, 0.25) is 0 Å². The Morgan fingerprint density at radius 3 is 2.12 bits per heavy atom. The van der Waals surface area contributed by atoms with Crippen LogP contribution in [0.1, 0.15) is 20.7 Å². The molecule has 0 radical (unpaired) electrons. The summed E-state index contributed by atoms with van der Waals surface area (Å²) in [7, 11) is 1.60. The van der Waals surface area contributed by atoms with Crippen molar-refractivity contribution in [1.29, 1.82) is 0 Å². The molecule has 2 N–H and O–H groups in total. The van der Waals surface area contributed by atoms with Crippen LogP contribution in [-0.2, 0) is 0 Å². The van der Waals surface area contributed by atoms with E-state index in [0.29, 0.717) is 28.3 Å². The third-order valence-corrected chi connectivity index (χ3v) is 4.71. The molecule has 4 aromatic rings. The van der Waals surface area contributed by atoms with Crippen molar-refractivity contribution in [3.63, 3.8) is 0 Å². The van der Waals surface area contributed by atoms with Crippen molar-refractivity contribution < 1.29 is 14.3 Å². The van der Waals surface area contributed by atoms with Crippen LogP contribution in [0.25, 0.3) is 11.3 Å². The molecular weight excluding hydrogens is 404 g/mol. The number of hydrogen-bond donors (Lipinski definition) is 2. The van der Waals surface area contributed by atoms with E-state index in [-0.39, 0.29) is 11.8 Å². The number of amides is 2. The summed E-state index contributed by atoms with van der Waals surface area (Å²) in [5.74, 6) is 0.427. The lowest BCUT2D eigenvalue weighted by Crippen LogP contribution is -2.16. The quantitative estimate of drug-likeness (QED) is 0.470. The van der Waals surface area contributed by atoms with Gasteiger partial charge in [-0.1, -0.05) is 24.3 Å². The zero-order valence-corrected chi connectivity index (χ0v) is 17.3. The summed E-state index contributed by atoms with van der Waals surface area (Å²) < 4.78 is 5.17. The second-order valence-corrected chi connectivity index (χ2v) is 6.87. The van der Waals surface area contributed by atoms with Gasteiger partial charge in [0.15, 0.2) is 0 Å². The Labute approximate surface area is 185 Å². The molecule has 2 amide bonds. The van der Waals surface area contributed by atoms with Gasteiger partial charge in [-0.25, -0.2) is 9.97 Å². The molecule has 0 unspecified atom stereocenters. The first-order chi connectivity index (χ1) is 15.6. The number of carbonyl (C=O) groups excluding carboxylic acids is 2. The Hall–Kier alpha value is -4.52. The predicted octanol–water partition coefficient (Wildman–Crippen LogP) is 4.66. The van der Waals surface area contributed by atoms with Gasteiger partial charge >= 0.3 is 0 Å². The molecule has 0 aliphatic carbocycles. The zero-order valence-electron chi connectivity index (χ0n) is 17.3. The number of aromatic nitrogens is 2. The third-order valence-electron chi connectivity index (χ3n) is 4.71. The van der Waals surface area contributed by atoms with Crippen LogP contribution < -0.4 is 15.4 Å². The molecule has 7 nitrogen and oxygen atoms in total. The molecule has 0 fully saturated rings. The topological polar surface area (TPSA) is 93.2 Å². The molecule has 1 aromatic heterocycles. The first kappa shape index (κ1) is 20.7. The first-order valence-corrected chi connectivity index (χ1v) is 9.87. The number of nitrogens with one attached hydrogen (secondary N) is 2. The van der Waals surface area contributed by atoms with Crippen molar-refractivity contribution >= 4 is 23.3 Å². The average Bonchev–Trinajstić information content (AvgIpc) is 2.85. The number of benzene rings is 3. The van der Waals surface area contributed by atoms with Crippen molar-refractivity contribution in [2.24, 2.45) is 0 Å². The Bertz CT molecular complexity index is 1240. The van der Waals surface area contributed by atoms with Gasteiger partial charge in [0.25, 0.3) is 11.8 Å². The van der Waals surface area contributed by atoms with Crippen LogP contribution in [0.15, 0.2) is 91.3 Å². The highest BCUT2D eigenvalue weighted by molar-refractivity contribution is 6.08. The average molecular weight is 424 g/mol. The number of carbonyl (C=O) groups is 2. The van der Waals surface area contributed by atoms with E-state index in [1.54, 1.807) is 49.6 Å². The van der Waals surface area contributed by atoms with Gasteiger partial charge in [-0.2, -0.15) is 0 Å². The molecule has 0 atom stereocenters. The fourth-order valence-corrected chi connectivity index (χ4v) is 3.06. The van der Waals surface area contributed by atoms with E-state index in [1.165, 1.54) is 6.33 Å². The van der Waals surface area contributed by atoms with Crippen molar-refractivity contribution in [1.82, 2.24) is 9.97 Å². The van der Waals surface area contributed by atoms with E-state index in [1.807, 2.05) is 42.5 Å². The monoisotopic (exact) mass is 424 g/mol. The molecule has 158 valence electrons. The van der Waals surface area contributed by atoms with Crippen LogP contribution in [-0.4, -0.2) is 28.9 Å². The highest BCUT2D eigenvalue weighted by Gasteiger charge is 2.12. The summed E-state index contributed by atoms with van der Waals surface area (Å²) >= 11 is 0. The molecule has 0 saturated carbocycles. The summed E-state index contributed by atoms with van der Waals surface area (Å²) in [6, 6.07) is 24.7. The fourth-order valence-electron chi connectivity index (χ4n) is 3.06. The van der Waals surface area contributed by atoms with Crippen LogP contribution in [0.4, 0.5) is 11.5 Å². The molecule has 0 aliphatic heterocycles. The van der Waals surface area contributed by atoms with Crippen molar-refractivity contribution in [3.05, 3.63) is 102 Å². The Morgan fingerprint density at radius 2 is 1.44 bits per heavy atom. The summed E-state index contributed by atoms with van der Waals surface area (Å²) in [5, 5.41) is 5.57. The largest absolute Gasteiger partial charge is 0.497 e. The number of para-hydroxylation sites is 1. The van der Waals surface area contributed by atoms with Crippen molar-refractivity contribution in [2.45, 2.75) is 0 Å². The van der Waals surface area contributed by atoms with Gasteiger partial charge in [0.1, 0.15) is 17.9 Å². The smallest absolute Gasteiger partial charge is 0.256 e. The molecule has 4 rings (SSSR count). The van der Waals surface area contributed by atoms with Gasteiger partial charge in [0, 0.05) is 28.4 Å². The van der Waals surface area contributed by atoms with Crippen molar-refractivity contribution in [2.75, 3.05) is 17.7 Å². The van der Waals surface area contributed by atoms with Crippen LogP contribution >= 0.6 is 0 Å². The maximum Gasteiger partial charge on any atom is 0.256 e. The van der Waals surface area contributed by atoms with Crippen molar-refractivity contribution in [3.8, 4) is 17.0 Å². The molecule has 0 spiro atoms. The zero-order chi connectivity index (χ0) is 22.3. The van der Waals surface area contributed by atoms with E-state index in [4.69, 9.17) is 4.74 Å². The predicted molar refractivity (Wildman–Crippen MR) is 123 cm³/mol. The second kappa shape index (κ2) is 9.53. The number of hydrogen-bond acceptors (Lipinski definition) is 5. The fraction of sp³-hybridized carbons (Fsp3) is 0.0400. The Morgan fingerprint density at radius 1 is 0.750 bits per heavy atom. The number of nitrogens with zero attached hydrogens (tertiary/aromatic N) is 2. The summed E-state index contributed by atoms with van der Waals surface area (Å²) in [5.41, 5.74) is 2.93. The van der Waals surface area contributed by atoms with Gasteiger partial charge in [0.05, 0.1) is 12.8 Å². The molecule has 0 bridgehead atoms. The van der Waals surface area contributed by atoms with E-state index in [2.05, 4.69) is 20.6 Å². The molecule has 1 heterocycles. The lowest BCUT2D eigenvalue weighted by atomic mass is 10.1. The van der Waals surface area contributed by atoms with E-state index >= 15 is 0 Å². The lowest BCUT2D eigenvalue weighted by molar-refractivity contribution is 0.102. The van der Waals surface area contributed by atoms with Gasteiger partial charge < -0.3 is 15.4 Å². The number of methoxy groups -OCH3 is 1. The minimum Gasteiger partial charge on any atom is -0.497 e. The van der Waals surface area contributed by atoms with Gasteiger partial charge in [0.2, 0.25) is 0 Å². The Balaban J connectivity index is 1.48. The highest BCUT2D eigenvalue weighted by Crippen LogP contribution is 2.22. The normalized spacial score (nSPS) is 10.3. The SMILES string of the molecule is COc1ccc(-c2cc(NC(=O)c3cccc(C(=O)Nc4ccccc4)c3)ncn2)cc1. The summed E-state index contributed by atoms with van der Waals surface area (Å²) in [6.45, 7) is 0. The molecule has 3 aromatic carbocycles. The lowest BCUT2D eigenvalue weighted by Gasteiger charge is -2.09. The van der Waals surface area contributed by atoms with Gasteiger partial charge in [-0.3, -0.25) is 9.59 Å². The summed E-state index contributed by atoms with van der Waals surface area (Å²) in [6.07, 6.45) is 1.39. The number of ether oxygens (including phenoxy) is 1. The van der Waals surface area contributed by atoms with Crippen LogP contribution in [0, 0.1) is 0 Å². The minimum absolute atomic E-state index is 0.297. The van der Waals surface area contributed by atoms with Crippen LogP contribution in [0.3, 0.4) is 0 Å². The standard InChI is InChI=1S/C25H20N4O3/c1-32-21-12-10-17(11-13-21)22-15-23(27-16-26-22)29-25(31)19-7-5-6-18(14-19)24(30)28-20-8-3-2-4-9-20/h2-16H,1H3,(H,28,30)(H,26,27,29,31). The first-order valence-electron chi connectivity index (χ1n) is 9.87. The second-order valence-electron chi connectivity index (χ2n) is 6.87. The molecule has 0 aliphatic rings. The van der Waals surface area contributed by atoms with E-state index in [0.717, 1.165) is 11.3 Å². The maximum atomic E-state index is 12.8. The van der Waals surface area contributed by atoms with Gasteiger partial charge in [-0.05, 0) is 54.6 Å². The Kier molecular flexibility index (Phi) is 6.17. The third kappa shape index (κ3) is 4.96. The molecular formula is C25H20N4O3. The molecule has 7 heteroatoms. The number of anilines is 2. The van der Waals surface area contributed by atoms with Gasteiger partial charge in [-0.15, -0.1) is 0 Å². The number of rotatable bonds is 6. The minimum atomic E-state index is -0.376. The van der Waals surface area contributed by atoms with E-state index in [9.17, 15) is 9.59 Å². The highest BCUT2D eigenvalue weighted by atomic mass is 16.5.